The van der Waals surface area contributed by atoms with Crippen LogP contribution >= 0.6 is 0 Å². The molecule has 25 heavy (non-hydrogen) atoms. The number of rotatable bonds is 6. The third-order valence-corrected chi connectivity index (χ3v) is 4.48. The molecule has 1 heterocycles. The van der Waals surface area contributed by atoms with Gasteiger partial charge in [-0.2, -0.15) is 4.98 Å². The maximum Gasteiger partial charge on any atom is 0.225 e. The van der Waals surface area contributed by atoms with Gasteiger partial charge in [0, 0.05) is 23.5 Å². The molecular weight excluding hydrogens is 312 g/mol. The topological polar surface area (TPSA) is 59.1 Å². The monoisotopic (exact) mass is 340 g/mol. The van der Waals surface area contributed by atoms with Gasteiger partial charge in [0.25, 0.3) is 0 Å². The van der Waals surface area contributed by atoms with Crippen LogP contribution in [0.25, 0.3) is 0 Å². The van der Waals surface area contributed by atoms with Crippen molar-refractivity contribution < 1.29 is 4.74 Å². The highest BCUT2D eigenvalue weighted by atomic mass is 16.5. The van der Waals surface area contributed by atoms with E-state index in [1.807, 2.05) is 44.2 Å². The molecule has 0 saturated heterocycles. The van der Waals surface area contributed by atoms with Crippen molar-refractivity contribution in [3.05, 3.63) is 36.0 Å². The van der Waals surface area contributed by atoms with Crippen LogP contribution in [0.15, 0.2) is 30.3 Å². The second-order valence-electron chi connectivity index (χ2n) is 6.63. The van der Waals surface area contributed by atoms with E-state index in [0.717, 1.165) is 28.9 Å². The number of hydrogen-bond donors (Lipinski definition) is 2. The third-order valence-electron chi connectivity index (χ3n) is 4.48. The van der Waals surface area contributed by atoms with Crippen molar-refractivity contribution >= 4 is 17.5 Å². The van der Waals surface area contributed by atoms with E-state index in [1.165, 1.54) is 38.5 Å². The fraction of sp³-hybridized carbons (Fsp3) is 0.500. The Morgan fingerprint density at radius 2 is 1.76 bits per heavy atom. The Balaban J connectivity index is 1.68. The van der Waals surface area contributed by atoms with E-state index in [2.05, 4.69) is 20.6 Å². The van der Waals surface area contributed by atoms with Gasteiger partial charge < -0.3 is 15.4 Å². The Bertz CT molecular complexity index is 664. The van der Waals surface area contributed by atoms with Gasteiger partial charge >= 0.3 is 0 Å². The molecule has 0 atom stereocenters. The second kappa shape index (κ2) is 8.70. The van der Waals surface area contributed by atoms with Gasteiger partial charge in [-0.05, 0) is 51.0 Å². The molecule has 1 aromatic carbocycles. The lowest BCUT2D eigenvalue weighted by Crippen LogP contribution is -2.20. The van der Waals surface area contributed by atoms with Crippen LogP contribution in [0.5, 0.6) is 5.75 Å². The molecule has 2 N–H and O–H groups in total. The van der Waals surface area contributed by atoms with E-state index in [4.69, 9.17) is 4.74 Å². The number of nitrogens with one attached hydrogen (secondary N) is 2. The molecule has 1 aromatic heterocycles. The summed E-state index contributed by atoms with van der Waals surface area (Å²) in [6, 6.07) is 10.4. The molecule has 1 saturated carbocycles. The molecule has 0 amide bonds. The van der Waals surface area contributed by atoms with Crippen LogP contribution in [0.1, 0.15) is 51.1 Å². The van der Waals surface area contributed by atoms with E-state index in [-0.39, 0.29) is 0 Å². The fourth-order valence-corrected chi connectivity index (χ4v) is 3.25. The van der Waals surface area contributed by atoms with Gasteiger partial charge in [0.15, 0.2) is 0 Å². The molecule has 1 fully saturated rings. The number of benzene rings is 1. The number of anilines is 3. The largest absolute Gasteiger partial charge is 0.494 e. The first-order valence-corrected chi connectivity index (χ1v) is 9.35. The normalized spacial score (nSPS) is 15.4. The van der Waals surface area contributed by atoms with Crippen LogP contribution in [-0.4, -0.2) is 22.6 Å². The highest BCUT2D eigenvalue weighted by Gasteiger charge is 2.13. The lowest BCUT2D eigenvalue weighted by molar-refractivity contribution is 0.340. The van der Waals surface area contributed by atoms with Crippen LogP contribution in [0.4, 0.5) is 17.5 Å². The Morgan fingerprint density at radius 3 is 2.44 bits per heavy atom. The lowest BCUT2D eigenvalue weighted by Gasteiger charge is -2.17. The molecular formula is C20H28N4O. The van der Waals surface area contributed by atoms with E-state index < -0.39 is 0 Å². The molecule has 1 aliphatic carbocycles. The van der Waals surface area contributed by atoms with Gasteiger partial charge in [0.2, 0.25) is 5.95 Å². The molecule has 0 aliphatic heterocycles. The first-order valence-electron chi connectivity index (χ1n) is 9.35. The Hall–Kier alpha value is -2.30. The first-order chi connectivity index (χ1) is 12.2. The Labute approximate surface area is 150 Å². The van der Waals surface area contributed by atoms with Gasteiger partial charge in [0.05, 0.1) is 6.61 Å². The van der Waals surface area contributed by atoms with Crippen molar-refractivity contribution in [1.29, 1.82) is 0 Å². The molecule has 0 unspecified atom stereocenters. The zero-order valence-corrected chi connectivity index (χ0v) is 15.2. The number of nitrogens with zero attached hydrogens (tertiary/aromatic N) is 2. The standard InChI is InChI=1S/C20H28N4O/c1-3-25-18-12-10-17(11-13-18)22-19-14-15(2)21-20(24-19)23-16-8-6-4-5-7-9-16/h10-14,16H,3-9H2,1-2H3,(H2,21,22,23,24). The SMILES string of the molecule is CCOc1ccc(Nc2cc(C)nc(NC3CCCCCC3)n2)cc1. The van der Waals surface area contributed by atoms with Crippen molar-refractivity contribution in [3.63, 3.8) is 0 Å². The summed E-state index contributed by atoms with van der Waals surface area (Å²) in [7, 11) is 0. The van der Waals surface area contributed by atoms with Gasteiger partial charge in [-0.3, -0.25) is 0 Å². The average Bonchev–Trinajstić information content (AvgIpc) is 2.85. The molecule has 3 rings (SSSR count). The zero-order valence-electron chi connectivity index (χ0n) is 15.2. The van der Waals surface area contributed by atoms with Crippen molar-refractivity contribution in [2.45, 2.75) is 58.4 Å². The summed E-state index contributed by atoms with van der Waals surface area (Å²) in [5.74, 6) is 2.41. The summed E-state index contributed by atoms with van der Waals surface area (Å²) in [6.45, 7) is 4.66. The van der Waals surface area contributed by atoms with Crippen molar-refractivity contribution in [2.24, 2.45) is 0 Å². The van der Waals surface area contributed by atoms with E-state index in [1.54, 1.807) is 0 Å². The molecule has 0 spiro atoms. The summed E-state index contributed by atoms with van der Waals surface area (Å²) < 4.78 is 5.48. The van der Waals surface area contributed by atoms with Gasteiger partial charge in [-0.25, -0.2) is 4.98 Å². The molecule has 1 aliphatic rings. The molecule has 2 aromatic rings. The predicted molar refractivity (Wildman–Crippen MR) is 103 cm³/mol. The predicted octanol–water partition coefficient (Wildman–Crippen LogP) is 5.06. The van der Waals surface area contributed by atoms with Gasteiger partial charge in [0.1, 0.15) is 11.6 Å². The van der Waals surface area contributed by atoms with Crippen LogP contribution < -0.4 is 15.4 Å². The maximum atomic E-state index is 5.48. The van der Waals surface area contributed by atoms with Crippen LogP contribution in [-0.2, 0) is 0 Å². The number of hydrogen-bond acceptors (Lipinski definition) is 5. The van der Waals surface area contributed by atoms with Crippen LogP contribution in [0, 0.1) is 6.92 Å². The van der Waals surface area contributed by atoms with Crippen molar-refractivity contribution in [1.82, 2.24) is 9.97 Å². The Morgan fingerprint density at radius 1 is 1.04 bits per heavy atom. The minimum atomic E-state index is 0.489. The number of aryl methyl sites for hydroxylation is 1. The average molecular weight is 340 g/mol. The summed E-state index contributed by atoms with van der Waals surface area (Å²) >= 11 is 0. The highest BCUT2D eigenvalue weighted by Crippen LogP contribution is 2.22. The fourth-order valence-electron chi connectivity index (χ4n) is 3.25. The minimum absolute atomic E-state index is 0.489. The van der Waals surface area contributed by atoms with Crippen molar-refractivity contribution in [2.75, 3.05) is 17.2 Å². The zero-order chi connectivity index (χ0) is 17.5. The molecule has 0 bridgehead atoms. The summed E-state index contributed by atoms with van der Waals surface area (Å²) in [5, 5.41) is 6.89. The molecule has 0 radical (unpaired) electrons. The molecule has 5 heteroatoms. The van der Waals surface area contributed by atoms with Gasteiger partial charge in [-0.1, -0.05) is 25.7 Å². The first kappa shape index (κ1) is 17.5. The smallest absolute Gasteiger partial charge is 0.225 e. The number of aromatic nitrogens is 2. The Kier molecular flexibility index (Phi) is 6.09. The third kappa shape index (κ3) is 5.34. The summed E-state index contributed by atoms with van der Waals surface area (Å²) in [4.78, 5) is 9.20. The van der Waals surface area contributed by atoms with E-state index in [0.29, 0.717) is 12.6 Å². The van der Waals surface area contributed by atoms with E-state index >= 15 is 0 Å². The number of ether oxygens (including phenoxy) is 1. The summed E-state index contributed by atoms with van der Waals surface area (Å²) in [6.07, 6.45) is 7.69. The lowest BCUT2D eigenvalue weighted by atomic mass is 10.1. The summed E-state index contributed by atoms with van der Waals surface area (Å²) in [5.41, 5.74) is 1.95. The molecule has 5 nitrogen and oxygen atoms in total. The van der Waals surface area contributed by atoms with Gasteiger partial charge in [-0.15, -0.1) is 0 Å². The highest BCUT2D eigenvalue weighted by molar-refractivity contribution is 5.58. The second-order valence-corrected chi connectivity index (χ2v) is 6.63. The maximum absolute atomic E-state index is 5.48. The van der Waals surface area contributed by atoms with E-state index in [9.17, 15) is 0 Å². The molecule has 134 valence electrons. The van der Waals surface area contributed by atoms with Crippen molar-refractivity contribution in [3.8, 4) is 5.75 Å². The van der Waals surface area contributed by atoms with Crippen LogP contribution in [0.2, 0.25) is 0 Å². The quantitative estimate of drug-likeness (QED) is 0.720. The van der Waals surface area contributed by atoms with Crippen LogP contribution in [0.3, 0.4) is 0 Å². The minimum Gasteiger partial charge on any atom is -0.494 e.